The van der Waals surface area contributed by atoms with Crippen LogP contribution in [0.25, 0.3) is 0 Å². The molecule has 0 spiro atoms. The molecule has 3 rings (SSSR count). The fourth-order valence-electron chi connectivity index (χ4n) is 3.87. The third-order valence-electron chi connectivity index (χ3n) is 5.97. The lowest BCUT2D eigenvalue weighted by molar-refractivity contribution is 0.0726. The smallest absolute Gasteiger partial charge is 0.254 e. The minimum Gasteiger partial charge on any atom is -0.495 e. The standard InChI is InChI=1S/C22H30N2O5S/c1-15-8-5-6-9-18(15)23-30(26,27)21-14-17(11-12-20(21)28-4)22(25)24(3)16(2)19-10-7-13-29-19/h7,10-16,18,23H,5-6,8-9H2,1-4H3. The maximum absolute atomic E-state index is 13.2. The molecule has 0 radical (unpaired) electrons. The number of carbonyl (C=O) groups is 1. The summed E-state index contributed by atoms with van der Waals surface area (Å²) in [6, 6.07) is 7.65. The molecule has 0 bridgehead atoms. The molecule has 1 heterocycles. The quantitative estimate of drug-likeness (QED) is 0.712. The summed E-state index contributed by atoms with van der Waals surface area (Å²) in [4.78, 5) is 14.5. The van der Waals surface area contributed by atoms with Crippen LogP contribution in [0.5, 0.6) is 5.75 Å². The number of rotatable bonds is 7. The molecule has 7 nitrogen and oxygen atoms in total. The van der Waals surface area contributed by atoms with E-state index in [1.165, 1.54) is 24.1 Å². The Morgan fingerprint density at radius 2 is 2.00 bits per heavy atom. The number of amides is 1. The molecule has 2 aromatic rings. The third kappa shape index (κ3) is 4.70. The van der Waals surface area contributed by atoms with E-state index in [1.807, 2.05) is 6.92 Å². The van der Waals surface area contributed by atoms with Crippen molar-refractivity contribution in [2.45, 2.75) is 56.5 Å². The topological polar surface area (TPSA) is 88.8 Å². The Morgan fingerprint density at radius 3 is 2.63 bits per heavy atom. The minimum atomic E-state index is -3.85. The van der Waals surface area contributed by atoms with Gasteiger partial charge in [0.1, 0.15) is 16.4 Å². The molecule has 3 atom stereocenters. The third-order valence-corrected chi connectivity index (χ3v) is 7.49. The van der Waals surface area contributed by atoms with Gasteiger partial charge in [0, 0.05) is 18.7 Å². The van der Waals surface area contributed by atoms with E-state index in [9.17, 15) is 13.2 Å². The molecule has 1 aliphatic carbocycles. The molecule has 1 N–H and O–H groups in total. The van der Waals surface area contributed by atoms with Crippen LogP contribution in [0.2, 0.25) is 0 Å². The number of hydrogen-bond donors (Lipinski definition) is 1. The van der Waals surface area contributed by atoms with Crippen LogP contribution in [0.4, 0.5) is 0 Å². The van der Waals surface area contributed by atoms with Gasteiger partial charge in [0.25, 0.3) is 5.91 Å². The molecule has 1 aromatic heterocycles. The molecule has 1 aliphatic rings. The number of nitrogens with one attached hydrogen (secondary N) is 1. The van der Waals surface area contributed by atoms with E-state index in [0.717, 1.165) is 25.7 Å². The maximum atomic E-state index is 13.2. The average molecular weight is 435 g/mol. The Kier molecular flexibility index (Phi) is 6.88. The van der Waals surface area contributed by atoms with Crippen LogP contribution in [0.3, 0.4) is 0 Å². The van der Waals surface area contributed by atoms with Gasteiger partial charge >= 0.3 is 0 Å². The second-order valence-electron chi connectivity index (χ2n) is 7.96. The second-order valence-corrected chi connectivity index (χ2v) is 9.65. The number of nitrogens with zero attached hydrogens (tertiary/aromatic N) is 1. The molecule has 164 valence electrons. The summed E-state index contributed by atoms with van der Waals surface area (Å²) in [6.45, 7) is 3.92. The lowest BCUT2D eigenvalue weighted by Crippen LogP contribution is -2.41. The monoisotopic (exact) mass is 434 g/mol. The van der Waals surface area contributed by atoms with Crippen LogP contribution in [0, 0.1) is 5.92 Å². The Hall–Kier alpha value is -2.32. The van der Waals surface area contributed by atoms with E-state index >= 15 is 0 Å². The van der Waals surface area contributed by atoms with Gasteiger partial charge in [-0.25, -0.2) is 13.1 Å². The summed E-state index contributed by atoms with van der Waals surface area (Å²) in [5.74, 6) is 0.832. The van der Waals surface area contributed by atoms with E-state index in [2.05, 4.69) is 11.6 Å². The number of methoxy groups -OCH3 is 1. The molecule has 1 amide bonds. The van der Waals surface area contributed by atoms with Crippen LogP contribution in [0.1, 0.15) is 61.7 Å². The van der Waals surface area contributed by atoms with Gasteiger partial charge in [-0.2, -0.15) is 0 Å². The van der Waals surface area contributed by atoms with Crippen molar-refractivity contribution >= 4 is 15.9 Å². The van der Waals surface area contributed by atoms with Crippen molar-refractivity contribution in [3.8, 4) is 5.75 Å². The summed E-state index contributed by atoms with van der Waals surface area (Å²) >= 11 is 0. The van der Waals surface area contributed by atoms with Crippen molar-refractivity contribution in [1.82, 2.24) is 9.62 Å². The first-order valence-electron chi connectivity index (χ1n) is 10.3. The lowest BCUT2D eigenvalue weighted by Gasteiger charge is -2.29. The first-order valence-corrected chi connectivity index (χ1v) is 11.7. The number of sulfonamides is 1. The zero-order valence-corrected chi connectivity index (χ0v) is 18.7. The Bertz CT molecular complexity index is 971. The van der Waals surface area contributed by atoms with Crippen molar-refractivity contribution in [2.24, 2.45) is 5.92 Å². The van der Waals surface area contributed by atoms with Gasteiger partial charge in [0.05, 0.1) is 19.4 Å². The van der Waals surface area contributed by atoms with Crippen LogP contribution in [0.15, 0.2) is 45.9 Å². The van der Waals surface area contributed by atoms with Gasteiger partial charge in [-0.05, 0) is 56.0 Å². The average Bonchev–Trinajstić information content (AvgIpc) is 3.28. The van der Waals surface area contributed by atoms with Crippen LogP contribution < -0.4 is 9.46 Å². The van der Waals surface area contributed by atoms with E-state index in [4.69, 9.17) is 9.15 Å². The summed E-state index contributed by atoms with van der Waals surface area (Å²) in [5.41, 5.74) is 0.272. The lowest BCUT2D eigenvalue weighted by atomic mass is 9.87. The second kappa shape index (κ2) is 9.22. The minimum absolute atomic E-state index is 0.0207. The molecule has 3 unspecified atom stereocenters. The molecular formula is C22H30N2O5S. The van der Waals surface area contributed by atoms with Crippen LogP contribution in [-0.4, -0.2) is 39.4 Å². The van der Waals surface area contributed by atoms with Crippen molar-refractivity contribution in [1.29, 1.82) is 0 Å². The fraction of sp³-hybridized carbons (Fsp3) is 0.500. The molecule has 1 aromatic carbocycles. The molecule has 30 heavy (non-hydrogen) atoms. The highest BCUT2D eigenvalue weighted by molar-refractivity contribution is 7.89. The Morgan fingerprint density at radius 1 is 1.27 bits per heavy atom. The number of furan rings is 1. The zero-order chi connectivity index (χ0) is 21.9. The van der Waals surface area contributed by atoms with Crippen molar-refractivity contribution in [3.63, 3.8) is 0 Å². The normalized spacial score (nSPS) is 20.5. The first kappa shape index (κ1) is 22.4. The van der Waals surface area contributed by atoms with Gasteiger partial charge in [-0.15, -0.1) is 0 Å². The SMILES string of the molecule is COc1ccc(C(=O)N(C)C(C)c2ccco2)cc1S(=O)(=O)NC1CCCCC1C. The molecule has 0 aliphatic heterocycles. The van der Waals surface area contributed by atoms with Crippen LogP contribution >= 0.6 is 0 Å². The summed E-state index contributed by atoms with van der Waals surface area (Å²) < 4.78 is 39.8. The Balaban J connectivity index is 1.88. The highest BCUT2D eigenvalue weighted by Crippen LogP contribution is 2.30. The summed E-state index contributed by atoms with van der Waals surface area (Å²) in [6.07, 6.45) is 5.48. The number of benzene rings is 1. The van der Waals surface area contributed by atoms with Gasteiger partial charge in [-0.1, -0.05) is 19.8 Å². The van der Waals surface area contributed by atoms with Crippen molar-refractivity contribution < 1.29 is 22.4 Å². The van der Waals surface area contributed by atoms with Crippen LogP contribution in [-0.2, 0) is 10.0 Å². The van der Waals surface area contributed by atoms with E-state index in [-0.39, 0.29) is 40.1 Å². The Labute approximate surface area is 178 Å². The largest absolute Gasteiger partial charge is 0.495 e. The number of hydrogen-bond acceptors (Lipinski definition) is 5. The van der Waals surface area contributed by atoms with E-state index in [0.29, 0.717) is 5.76 Å². The molecule has 1 saturated carbocycles. The first-order chi connectivity index (χ1) is 14.2. The number of carbonyl (C=O) groups excluding carboxylic acids is 1. The van der Waals surface area contributed by atoms with E-state index < -0.39 is 10.0 Å². The van der Waals surface area contributed by atoms with Gasteiger partial charge in [0.15, 0.2) is 0 Å². The molecule has 0 saturated heterocycles. The molecular weight excluding hydrogens is 404 g/mol. The molecule has 1 fully saturated rings. The number of ether oxygens (including phenoxy) is 1. The van der Waals surface area contributed by atoms with Gasteiger partial charge in [0.2, 0.25) is 10.0 Å². The predicted molar refractivity (Wildman–Crippen MR) is 114 cm³/mol. The summed E-state index contributed by atoms with van der Waals surface area (Å²) in [5, 5.41) is 0. The fourth-order valence-corrected chi connectivity index (χ4v) is 5.45. The highest BCUT2D eigenvalue weighted by atomic mass is 32.2. The van der Waals surface area contributed by atoms with E-state index in [1.54, 1.807) is 31.5 Å². The van der Waals surface area contributed by atoms with Crippen molar-refractivity contribution in [3.05, 3.63) is 47.9 Å². The van der Waals surface area contributed by atoms with Gasteiger partial charge < -0.3 is 14.1 Å². The zero-order valence-electron chi connectivity index (χ0n) is 17.9. The highest BCUT2D eigenvalue weighted by Gasteiger charge is 2.30. The predicted octanol–water partition coefficient (Wildman–Crippen LogP) is 3.98. The van der Waals surface area contributed by atoms with Crippen molar-refractivity contribution in [2.75, 3.05) is 14.2 Å². The maximum Gasteiger partial charge on any atom is 0.254 e. The summed E-state index contributed by atoms with van der Waals surface area (Å²) in [7, 11) is -0.762. The molecule has 8 heteroatoms. The van der Waals surface area contributed by atoms with Gasteiger partial charge in [-0.3, -0.25) is 4.79 Å².